The van der Waals surface area contributed by atoms with E-state index < -0.39 is 4.92 Å². The van der Waals surface area contributed by atoms with E-state index in [1.165, 1.54) is 12.4 Å². The zero-order chi connectivity index (χ0) is 27.7. The van der Waals surface area contributed by atoms with Crippen LogP contribution in [0, 0.1) is 10.1 Å². The summed E-state index contributed by atoms with van der Waals surface area (Å²) in [6.07, 6.45) is 5.29. The van der Waals surface area contributed by atoms with Crippen molar-refractivity contribution in [1.29, 1.82) is 0 Å². The van der Waals surface area contributed by atoms with Crippen LogP contribution >= 0.6 is 0 Å². The Morgan fingerprint density at radius 2 is 1.85 bits per heavy atom. The van der Waals surface area contributed by atoms with Gasteiger partial charge in [0.05, 0.1) is 24.2 Å². The molecule has 5 rings (SSSR count). The van der Waals surface area contributed by atoms with Crippen molar-refractivity contribution in [3.05, 3.63) is 82.8 Å². The van der Waals surface area contributed by atoms with Gasteiger partial charge in [0.25, 0.3) is 5.69 Å². The summed E-state index contributed by atoms with van der Waals surface area (Å²) >= 11 is 0. The maximum absolute atomic E-state index is 11.1. The molecule has 4 aromatic rings. The Morgan fingerprint density at radius 3 is 2.62 bits per heavy atom. The third kappa shape index (κ3) is 6.73. The number of non-ortho nitro benzene ring substituents is 1. The Hall–Kier alpha value is -4.51. The summed E-state index contributed by atoms with van der Waals surface area (Å²) in [6.45, 7) is 6.02. The second-order valence-corrected chi connectivity index (χ2v) is 9.60. The standard InChI is InChI=1S/C29H33N7O4/c1-39-26-19-25-24(29(33-21-32-25)31-20-22-7-6-8-23(17-22)36(37)38)18-27(26)40-16-5-4-11-34-12-14-35(15-13-34)28-9-2-3-10-30-28/h2-3,6-10,17-19,21H,4-5,11-16,20H2,1H3,(H,31,32,33). The van der Waals surface area contributed by atoms with E-state index in [1.807, 2.05) is 36.5 Å². The van der Waals surface area contributed by atoms with Gasteiger partial charge in [-0.15, -0.1) is 0 Å². The summed E-state index contributed by atoms with van der Waals surface area (Å²) in [7, 11) is 1.61. The quantitative estimate of drug-likeness (QED) is 0.155. The first-order valence-corrected chi connectivity index (χ1v) is 13.4. The third-order valence-electron chi connectivity index (χ3n) is 6.97. The first-order valence-electron chi connectivity index (χ1n) is 13.4. The predicted octanol–water partition coefficient (Wildman–Crippen LogP) is 4.53. The Balaban J connectivity index is 1.14. The SMILES string of the molecule is COc1cc2ncnc(NCc3cccc([N+](=O)[O-])c3)c2cc1OCCCCN1CCN(c2ccccn2)CC1. The molecule has 11 nitrogen and oxygen atoms in total. The molecule has 0 bridgehead atoms. The maximum atomic E-state index is 11.1. The highest BCUT2D eigenvalue weighted by molar-refractivity contribution is 5.91. The van der Waals surface area contributed by atoms with Crippen molar-refractivity contribution in [1.82, 2.24) is 19.9 Å². The van der Waals surface area contributed by atoms with E-state index in [-0.39, 0.29) is 5.69 Å². The van der Waals surface area contributed by atoms with E-state index in [4.69, 9.17) is 9.47 Å². The molecule has 0 atom stereocenters. The molecule has 208 valence electrons. The van der Waals surface area contributed by atoms with Crippen molar-refractivity contribution in [2.45, 2.75) is 19.4 Å². The molecule has 0 aliphatic carbocycles. The number of benzene rings is 2. The van der Waals surface area contributed by atoms with Gasteiger partial charge in [-0.25, -0.2) is 15.0 Å². The molecule has 0 saturated carbocycles. The number of fused-ring (bicyclic) bond motifs is 1. The Labute approximate surface area is 232 Å². The van der Waals surface area contributed by atoms with Crippen LogP contribution in [0.5, 0.6) is 11.5 Å². The van der Waals surface area contributed by atoms with Gasteiger partial charge in [0.1, 0.15) is 18.0 Å². The van der Waals surface area contributed by atoms with Crippen molar-refractivity contribution in [2.75, 3.05) is 56.7 Å². The number of methoxy groups -OCH3 is 1. The predicted molar refractivity (Wildman–Crippen MR) is 154 cm³/mol. The van der Waals surface area contributed by atoms with Gasteiger partial charge in [-0.3, -0.25) is 15.0 Å². The number of nitrogens with one attached hydrogen (secondary N) is 1. The minimum Gasteiger partial charge on any atom is -0.493 e. The summed E-state index contributed by atoms with van der Waals surface area (Å²) in [5.74, 6) is 2.91. The molecule has 11 heteroatoms. The van der Waals surface area contributed by atoms with Crippen LogP contribution in [0.2, 0.25) is 0 Å². The normalized spacial score (nSPS) is 13.8. The number of ether oxygens (including phenoxy) is 2. The highest BCUT2D eigenvalue weighted by atomic mass is 16.6. The highest BCUT2D eigenvalue weighted by Gasteiger charge is 2.17. The molecule has 0 unspecified atom stereocenters. The fourth-order valence-corrected chi connectivity index (χ4v) is 4.80. The number of aromatic nitrogens is 3. The smallest absolute Gasteiger partial charge is 0.269 e. The van der Waals surface area contributed by atoms with Gasteiger partial charge in [-0.2, -0.15) is 0 Å². The van der Waals surface area contributed by atoms with Gasteiger partial charge in [0, 0.05) is 62.5 Å². The minimum absolute atomic E-state index is 0.0546. The second kappa shape index (κ2) is 13.0. The number of hydrogen-bond acceptors (Lipinski definition) is 10. The molecule has 2 aromatic carbocycles. The van der Waals surface area contributed by atoms with Gasteiger partial charge in [-0.05, 0) is 43.1 Å². The van der Waals surface area contributed by atoms with E-state index in [0.717, 1.165) is 62.3 Å². The molecule has 3 heterocycles. The fourth-order valence-electron chi connectivity index (χ4n) is 4.80. The van der Waals surface area contributed by atoms with Crippen LogP contribution < -0.4 is 19.7 Å². The summed E-state index contributed by atoms with van der Waals surface area (Å²) in [5.41, 5.74) is 1.55. The summed E-state index contributed by atoms with van der Waals surface area (Å²) < 4.78 is 11.7. The van der Waals surface area contributed by atoms with Crippen molar-refractivity contribution >= 4 is 28.2 Å². The zero-order valence-electron chi connectivity index (χ0n) is 22.5. The number of unbranched alkanes of at least 4 members (excludes halogenated alkanes) is 1. The minimum atomic E-state index is -0.400. The Kier molecular flexibility index (Phi) is 8.82. The highest BCUT2D eigenvalue weighted by Crippen LogP contribution is 2.34. The van der Waals surface area contributed by atoms with Crippen molar-refractivity contribution < 1.29 is 14.4 Å². The van der Waals surface area contributed by atoms with Crippen LogP contribution in [-0.4, -0.2) is 71.2 Å². The first kappa shape index (κ1) is 27.1. The van der Waals surface area contributed by atoms with Crippen LogP contribution in [0.15, 0.2) is 67.1 Å². The van der Waals surface area contributed by atoms with E-state index >= 15 is 0 Å². The molecule has 40 heavy (non-hydrogen) atoms. The Bertz CT molecular complexity index is 1430. The molecular weight excluding hydrogens is 510 g/mol. The van der Waals surface area contributed by atoms with Crippen molar-refractivity contribution in [3.8, 4) is 11.5 Å². The summed E-state index contributed by atoms with van der Waals surface area (Å²) in [6, 6.07) is 16.3. The maximum Gasteiger partial charge on any atom is 0.269 e. The third-order valence-corrected chi connectivity index (χ3v) is 6.97. The van der Waals surface area contributed by atoms with Gasteiger partial charge in [0.15, 0.2) is 11.5 Å². The number of nitro benzene ring substituents is 1. The van der Waals surface area contributed by atoms with Gasteiger partial charge in [0.2, 0.25) is 0 Å². The number of pyridine rings is 1. The lowest BCUT2D eigenvalue weighted by molar-refractivity contribution is -0.384. The molecule has 1 aliphatic rings. The number of nitrogens with zero attached hydrogens (tertiary/aromatic N) is 6. The first-order chi connectivity index (χ1) is 19.6. The van der Waals surface area contributed by atoms with Crippen LogP contribution in [0.25, 0.3) is 10.9 Å². The lowest BCUT2D eigenvalue weighted by Gasteiger charge is -2.35. The Morgan fingerprint density at radius 1 is 0.975 bits per heavy atom. The molecule has 1 saturated heterocycles. The zero-order valence-corrected chi connectivity index (χ0v) is 22.5. The van der Waals surface area contributed by atoms with E-state index in [0.29, 0.717) is 36.0 Å². The topological polar surface area (TPSA) is 119 Å². The molecule has 1 aliphatic heterocycles. The van der Waals surface area contributed by atoms with E-state index in [9.17, 15) is 10.1 Å². The second-order valence-electron chi connectivity index (χ2n) is 9.60. The molecule has 0 amide bonds. The van der Waals surface area contributed by atoms with Crippen LogP contribution in [0.1, 0.15) is 18.4 Å². The molecule has 1 N–H and O–H groups in total. The molecule has 0 radical (unpaired) electrons. The average Bonchev–Trinajstić information content (AvgIpc) is 3.00. The van der Waals surface area contributed by atoms with Crippen LogP contribution in [-0.2, 0) is 6.54 Å². The lowest BCUT2D eigenvalue weighted by Crippen LogP contribution is -2.46. The average molecular weight is 544 g/mol. The van der Waals surface area contributed by atoms with Gasteiger partial charge >= 0.3 is 0 Å². The number of hydrogen-bond donors (Lipinski definition) is 1. The van der Waals surface area contributed by atoms with E-state index in [2.05, 4.69) is 36.1 Å². The van der Waals surface area contributed by atoms with Crippen LogP contribution in [0.4, 0.5) is 17.3 Å². The molecule has 0 spiro atoms. The summed E-state index contributed by atoms with van der Waals surface area (Å²) in [4.78, 5) is 28.8. The molecule has 2 aromatic heterocycles. The largest absolute Gasteiger partial charge is 0.493 e. The fraction of sp³-hybridized carbons (Fsp3) is 0.345. The molecule has 1 fully saturated rings. The number of nitro groups is 1. The number of anilines is 2. The number of rotatable bonds is 12. The van der Waals surface area contributed by atoms with Crippen molar-refractivity contribution in [3.63, 3.8) is 0 Å². The lowest BCUT2D eigenvalue weighted by atomic mass is 10.2. The number of piperazine rings is 1. The van der Waals surface area contributed by atoms with E-state index in [1.54, 1.807) is 19.2 Å². The van der Waals surface area contributed by atoms with Crippen LogP contribution in [0.3, 0.4) is 0 Å². The monoisotopic (exact) mass is 543 g/mol. The van der Waals surface area contributed by atoms with Crippen molar-refractivity contribution in [2.24, 2.45) is 0 Å². The molecular formula is C29H33N7O4. The van der Waals surface area contributed by atoms with Gasteiger partial charge in [-0.1, -0.05) is 18.2 Å². The van der Waals surface area contributed by atoms with Gasteiger partial charge < -0.3 is 19.7 Å². The summed E-state index contributed by atoms with van der Waals surface area (Å²) in [5, 5.41) is 15.2.